The summed E-state index contributed by atoms with van der Waals surface area (Å²) in [6, 6.07) is 5.94. The van der Waals surface area contributed by atoms with Crippen molar-refractivity contribution in [2.24, 2.45) is 5.73 Å². The number of rotatable bonds is 2. The Labute approximate surface area is 90.7 Å². The predicted molar refractivity (Wildman–Crippen MR) is 60.7 cm³/mol. The van der Waals surface area contributed by atoms with Gasteiger partial charge >= 0.3 is 0 Å². The summed E-state index contributed by atoms with van der Waals surface area (Å²) in [5, 5.41) is 0.782. The van der Waals surface area contributed by atoms with Crippen LogP contribution in [0.1, 0.15) is 30.5 Å². The maximum atomic E-state index is 6.02. The average Bonchev–Trinajstić information content (AvgIpc) is 2.03. The van der Waals surface area contributed by atoms with Gasteiger partial charge in [-0.1, -0.05) is 30.7 Å². The van der Waals surface area contributed by atoms with Crippen LogP contribution in [0.5, 0.6) is 0 Å². The fourth-order valence-corrected chi connectivity index (χ4v) is 1.68. The van der Waals surface area contributed by atoms with E-state index in [-0.39, 0.29) is 18.4 Å². The lowest BCUT2D eigenvalue weighted by molar-refractivity contribution is 0.694. The molecule has 1 rings (SSSR count). The number of aryl methyl sites for hydroxylation is 1. The van der Waals surface area contributed by atoms with E-state index in [1.54, 1.807) is 0 Å². The van der Waals surface area contributed by atoms with Gasteiger partial charge in [-0.25, -0.2) is 0 Å². The SMILES string of the molecule is CC[C@@H](N)c1c(C)cccc1Cl.Cl. The van der Waals surface area contributed by atoms with E-state index in [9.17, 15) is 0 Å². The van der Waals surface area contributed by atoms with Gasteiger partial charge in [0.2, 0.25) is 0 Å². The highest BCUT2D eigenvalue weighted by molar-refractivity contribution is 6.31. The molecule has 0 aliphatic carbocycles. The minimum Gasteiger partial charge on any atom is -0.324 e. The lowest BCUT2D eigenvalue weighted by Gasteiger charge is -2.13. The molecule has 0 aromatic heterocycles. The topological polar surface area (TPSA) is 26.0 Å². The van der Waals surface area contributed by atoms with Gasteiger partial charge in [-0.3, -0.25) is 0 Å². The van der Waals surface area contributed by atoms with E-state index in [2.05, 4.69) is 6.92 Å². The zero-order valence-corrected chi connectivity index (χ0v) is 9.45. The summed E-state index contributed by atoms with van der Waals surface area (Å²) in [7, 11) is 0. The summed E-state index contributed by atoms with van der Waals surface area (Å²) in [5.41, 5.74) is 8.17. The molecule has 1 atom stereocenters. The molecule has 0 aliphatic rings. The summed E-state index contributed by atoms with van der Waals surface area (Å²) in [6.07, 6.45) is 0.921. The highest BCUT2D eigenvalue weighted by Crippen LogP contribution is 2.26. The second-order valence-corrected chi connectivity index (χ2v) is 3.39. The van der Waals surface area contributed by atoms with Crippen LogP contribution in [0.25, 0.3) is 0 Å². The van der Waals surface area contributed by atoms with Gasteiger partial charge in [0.05, 0.1) is 0 Å². The minimum atomic E-state index is 0. The van der Waals surface area contributed by atoms with Crippen LogP contribution >= 0.6 is 24.0 Å². The van der Waals surface area contributed by atoms with Gasteiger partial charge in [0.25, 0.3) is 0 Å². The van der Waals surface area contributed by atoms with Crippen LogP contribution in [0.2, 0.25) is 5.02 Å². The highest BCUT2D eigenvalue weighted by atomic mass is 35.5. The third-order valence-electron chi connectivity index (χ3n) is 2.08. The molecule has 1 aromatic carbocycles. The molecule has 0 unspecified atom stereocenters. The van der Waals surface area contributed by atoms with Crippen LogP contribution in [-0.2, 0) is 0 Å². The Hall–Kier alpha value is -0.240. The van der Waals surface area contributed by atoms with Crippen LogP contribution < -0.4 is 5.73 Å². The molecule has 0 amide bonds. The van der Waals surface area contributed by atoms with Crippen molar-refractivity contribution in [3.8, 4) is 0 Å². The van der Waals surface area contributed by atoms with Crippen molar-refractivity contribution >= 4 is 24.0 Å². The van der Waals surface area contributed by atoms with E-state index < -0.39 is 0 Å². The molecule has 0 heterocycles. The molecule has 0 saturated heterocycles. The number of nitrogens with two attached hydrogens (primary N) is 1. The average molecular weight is 220 g/mol. The standard InChI is InChI=1S/C10H14ClN.ClH/c1-3-9(12)10-7(2)5-4-6-8(10)11;/h4-6,9H,3,12H2,1-2H3;1H/t9-;/m1./s1. The first kappa shape index (κ1) is 12.8. The zero-order valence-electron chi connectivity index (χ0n) is 7.88. The Morgan fingerprint density at radius 3 is 2.54 bits per heavy atom. The largest absolute Gasteiger partial charge is 0.324 e. The van der Waals surface area contributed by atoms with Gasteiger partial charge in [-0.15, -0.1) is 12.4 Å². The van der Waals surface area contributed by atoms with E-state index in [1.807, 2.05) is 25.1 Å². The molecule has 3 heteroatoms. The van der Waals surface area contributed by atoms with E-state index >= 15 is 0 Å². The van der Waals surface area contributed by atoms with Crippen molar-refractivity contribution in [2.45, 2.75) is 26.3 Å². The third-order valence-corrected chi connectivity index (χ3v) is 2.41. The molecule has 0 saturated carbocycles. The lowest BCUT2D eigenvalue weighted by Crippen LogP contribution is -2.10. The first-order chi connectivity index (χ1) is 5.66. The number of halogens is 2. The molecule has 0 fully saturated rings. The molecular weight excluding hydrogens is 205 g/mol. The maximum Gasteiger partial charge on any atom is 0.0456 e. The van der Waals surface area contributed by atoms with Crippen LogP contribution in [0.15, 0.2) is 18.2 Å². The molecule has 0 aliphatic heterocycles. The van der Waals surface area contributed by atoms with E-state index in [4.69, 9.17) is 17.3 Å². The molecule has 74 valence electrons. The first-order valence-corrected chi connectivity index (χ1v) is 4.55. The number of hydrogen-bond acceptors (Lipinski definition) is 1. The van der Waals surface area contributed by atoms with Crippen LogP contribution in [0, 0.1) is 6.92 Å². The molecule has 0 bridgehead atoms. The van der Waals surface area contributed by atoms with Crippen LogP contribution in [0.4, 0.5) is 0 Å². The monoisotopic (exact) mass is 219 g/mol. The molecule has 1 nitrogen and oxygen atoms in total. The molecule has 13 heavy (non-hydrogen) atoms. The fourth-order valence-electron chi connectivity index (χ4n) is 1.32. The minimum absolute atomic E-state index is 0. The van der Waals surface area contributed by atoms with E-state index in [1.165, 1.54) is 5.56 Å². The van der Waals surface area contributed by atoms with Crippen molar-refractivity contribution < 1.29 is 0 Å². The lowest BCUT2D eigenvalue weighted by atomic mass is 10.0. The quantitative estimate of drug-likeness (QED) is 0.811. The zero-order chi connectivity index (χ0) is 9.14. The molecule has 0 radical (unpaired) electrons. The van der Waals surface area contributed by atoms with Gasteiger partial charge in [0.1, 0.15) is 0 Å². The summed E-state index contributed by atoms with van der Waals surface area (Å²) < 4.78 is 0. The van der Waals surface area contributed by atoms with Crippen molar-refractivity contribution in [2.75, 3.05) is 0 Å². The predicted octanol–water partition coefficient (Wildman–Crippen LogP) is 3.48. The van der Waals surface area contributed by atoms with Crippen molar-refractivity contribution in [1.29, 1.82) is 0 Å². The van der Waals surface area contributed by atoms with E-state index in [0.29, 0.717) is 0 Å². The Kier molecular flexibility index (Phi) is 5.38. The molecule has 0 spiro atoms. The Morgan fingerprint density at radius 1 is 1.46 bits per heavy atom. The van der Waals surface area contributed by atoms with Crippen LogP contribution in [0.3, 0.4) is 0 Å². The third kappa shape index (κ3) is 2.87. The van der Waals surface area contributed by atoms with Gasteiger partial charge in [0, 0.05) is 11.1 Å². The first-order valence-electron chi connectivity index (χ1n) is 4.17. The van der Waals surface area contributed by atoms with Gasteiger partial charge in [-0.05, 0) is 30.5 Å². The summed E-state index contributed by atoms with van der Waals surface area (Å²) >= 11 is 6.02. The normalized spacial score (nSPS) is 12.0. The van der Waals surface area contributed by atoms with Crippen LogP contribution in [-0.4, -0.2) is 0 Å². The second kappa shape index (κ2) is 5.48. The van der Waals surface area contributed by atoms with Crippen molar-refractivity contribution in [3.05, 3.63) is 34.3 Å². The number of benzene rings is 1. The van der Waals surface area contributed by atoms with Gasteiger partial charge in [0.15, 0.2) is 0 Å². The second-order valence-electron chi connectivity index (χ2n) is 2.99. The van der Waals surface area contributed by atoms with Crippen molar-refractivity contribution in [3.63, 3.8) is 0 Å². The Balaban J connectivity index is 0.00000144. The smallest absolute Gasteiger partial charge is 0.0456 e. The number of hydrogen-bond donors (Lipinski definition) is 1. The maximum absolute atomic E-state index is 6.02. The Bertz CT molecular complexity index is 253. The molecular formula is C10H15Cl2N. The fraction of sp³-hybridized carbons (Fsp3) is 0.400. The van der Waals surface area contributed by atoms with Gasteiger partial charge < -0.3 is 5.73 Å². The summed E-state index contributed by atoms with van der Waals surface area (Å²) in [4.78, 5) is 0. The molecule has 2 N–H and O–H groups in total. The summed E-state index contributed by atoms with van der Waals surface area (Å²) in [5.74, 6) is 0. The van der Waals surface area contributed by atoms with Crippen molar-refractivity contribution in [1.82, 2.24) is 0 Å². The van der Waals surface area contributed by atoms with E-state index in [0.717, 1.165) is 17.0 Å². The highest BCUT2D eigenvalue weighted by Gasteiger charge is 2.09. The molecule has 1 aromatic rings. The summed E-state index contributed by atoms with van der Waals surface area (Å²) in [6.45, 7) is 4.10. The van der Waals surface area contributed by atoms with Gasteiger partial charge in [-0.2, -0.15) is 0 Å². The Morgan fingerprint density at radius 2 is 2.08 bits per heavy atom.